The van der Waals surface area contributed by atoms with Gasteiger partial charge in [0.15, 0.2) is 0 Å². The van der Waals surface area contributed by atoms with E-state index < -0.39 is 0 Å². The fourth-order valence-electron chi connectivity index (χ4n) is 2.84. The normalized spacial score (nSPS) is 14.5. The number of rotatable bonds is 8. The maximum Gasteiger partial charge on any atom is 0.0719 e. The second-order valence-electron chi connectivity index (χ2n) is 5.31. The highest BCUT2D eigenvalue weighted by Crippen LogP contribution is 2.20. The van der Waals surface area contributed by atoms with Gasteiger partial charge in [0.1, 0.15) is 0 Å². The van der Waals surface area contributed by atoms with E-state index in [4.69, 9.17) is 9.84 Å². The first kappa shape index (κ1) is 16.0. The molecule has 0 aliphatic heterocycles. The Morgan fingerprint density at radius 2 is 2.00 bits per heavy atom. The molecule has 0 spiro atoms. The monoisotopic (exact) mass is 289 g/mol. The quantitative estimate of drug-likeness (QED) is 0.812. The van der Waals surface area contributed by atoms with Gasteiger partial charge in [-0.1, -0.05) is 25.1 Å². The number of likely N-dealkylation sites (N-methyl/N-ethyl adjacent to an activating group) is 1. The predicted octanol–water partition coefficient (Wildman–Crippen LogP) is 3.00. The molecule has 1 N–H and O–H groups in total. The topological polar surface area (TPSA) is 39.1 Å². The molecule has 2 atom stereocenters. The van der Waals surface area contributed by atoms with Gasteiger partial charge in [-0.2, -0.15) is 5.10 Å². The summed E-state index contributed by atoms with van der Waals surface area (Å²) in [7, 11) is 0. The van der Waals surface area contributed by atoms with E-state index in [1.54, 1.807) is 0 Å². The number of aryl methyl sites for hydroxylation is 1. The number of nitrogens with zero attached hydrogens (tertiary/aromatic N) is 2. The molecule has 0 bridgehead atoms. The highest BCUT2D eigenvalue weighted by atomic mass is 16.5. The van der Waals surface area contributed by atoms with Gasteiger partial charge in [-0.25, -0.2) is 0 Å². The number of aromatic nitrogens is 2. The lowest BCUT2D eigenvalue weighted by Crippen LogP contribution is -2.41. The maximum atomic E-state index is 5.78. The third kappa shape index (κ3) is 3.63. The van der Waals surface area contributed by atoms with E-state index in [1.165, 1.54) is 10.9 Å². The van der Waals surface area contributed by atoms with E-state index in [1.807, 2.05) is 6.92 Å². The molecule has 0 radical (unpaired) electrons. The first-order chi connectivity index (χ1) is 10.2. The van der Waals surface area contributed by atoms with Crippen molar-refractivity contribution in [2.45, 2.75) is 52.8 Å². The van der Waals surface area contributed by atoms with Gasteiger partial charge < -0.3 is 10.1 Å². The van der Waals surface area contributed by atoms with Gasteiger partial charge in [0.2, 0.25) is 0 Å². The first-order valence-corrected chi connectivity index (χ1v) is 8.00. The van der Waals surface area contributed by atoms with Crippen LogP contribution in [0.4, 0.5) is 0 Å². The van der Waals surface area contributed by atoms with Gasteiger partial charge in [-0.05, 0) is 33.4 Å². The van der Waals surface area contributed by atoms with Crippen molar-refractivity contribution in [1.29, 1.82) is 0 Å². The molecule has 116 valence electrons. The fourth-order valence-corrected chi connectivity index (χ4v) is 2.84. The van der Waals surface area contributed by atoms with Crippen LogP contribution in [0.3, 0.4) is 0 Å². The highest BCUT2D eigenvalue weighted by molar-refractivity contribution is 5.82. The summed E-state index contributed by atoms with van der Waals surface area (Å²) in [5.74, 6) is 0. The zero-order valence-electron chi connectivity index (χ0n) is 13.6. The van der Waals surface area contributed by atoms with Crippen LogP contribution in [-0.2, 0) is 17.7 Å². The average molecular weight is 289 g/mol. The van der Waals surface area contributed by atoms with E-state index in [0.717, 1.165) is 31.8 Å². The first-order valence-electron chi connectivity index (χ1n) is 8.00. The van der Waals surface area contributed by atoms with Crippen LogP contribution >= 0.6 is 0 Å². The number of ether oxygens (including phenoxy) is 1. The van der Waals surface area contributed by atoms with Gasteiger partial charge >= 0.3 is 0 Å². The van der Waals surface area contributed by atoms with Crippen LogP contribution in [0, 0.1) is 0 Å². The SMILES string of the molecule is CCNC(Cc1nn(CC)c2ccccc12)C(C)OCC. The second-order valence-corrected chi connectivity index (χ2v) is 5.31. The van der Waals surface area contributed by atoms with Crippen molar-refractivity contribution in [3.8, 4) is 0 Å². The average Bonchev–Trinajstić information content (AvgIpc) is 2.85. The van der Waals surface area contributed by atoms with Crippen molar-refractivity contribution in [2.75, 3.05) is 13.2 Å². The number of hydrogen-bond acceptors (Lipinski definition) is 3. The van der Waals surface area contributed by atoms with Gasteiger partial charge in [0.25, 0.3) is 0 Å². The molecule has 0 saturated heterocycles. The maximum absolute atomic E-state index is 5.78. The Morgan fingerprint density at radius 1 is 1.24 bits per heavy atom. The van der Waals surface area contributed by atoms with Crippen LogP contribution in [0.25, 0.3) is 10.9 Å². The van der Waals surface area contributed by atoms with Crippen LogP contribution in [0.1, 0.15) is 33.4 Å². The Hall–Kier alpha value is -1.39. The van der Waals surface area contributed by atoms with E-state index in [-0.39, 0.29) is 6.10 Å². The summed E-state index contributed by atoms with van der Waals surface area (Å²) in [5.41, 5.74) is 2.37. The Bertz CT molecular complexity index is 564. The van der Waals surface area contributed by atoms with Crippen molar-refractivity contribution in [3.63, 3.8) is 0 Å². The molecule has 0 saturated carbocycles. The summed E-state index contributed by atoms with van der Waals surface area (Å²) in [4.78, 5) is 0. The summed E-state index contributed by atoms with van der Waals surface area (Å²) in [6.45, 7) is 11.0. The molecule has 4 heteroatoms. The molecule has 2 unspecified atom stereocenters. The lowest BCUT2D eigenvalue weighted by Gasteiger charge is -2.24. The van der Waals surface area contributed by atoms with Crippen molar-refractivity contribution in [3.05, 3.63) is 30.0 Å². The number of hydrogen-bond donors (Lipinski definition) is 1. The summed E-state index contributed by atoms with van der Waals surface area (Å²) in [6.07, 6.45) is 1.07. The van der Waals surface area contributed by atoms with Crippen LogP contribution in [-0.4, -0.2) is 35.1 Å². The molecule has 1 aromatic carbocycles. The molecule has 21 heavy (non-hydrogen) atoms. The second kappa shape index (κ2) is 7.57. The molecule has 0 aliphatic carbocycles. The lowest BCUT2D eigenvalue weighted by atomic mass is 10.0. The highest BCUT2D eigenvalue weighted by Gasteiger charge is 2.20. The molecule has 0 aliphatic rings. The molecular weight excluding hydrogens is 262 g/mol. The largest absolute Gasteiger partial charge is 0.377 e. The standard InChI is InChI=1S/C17H27N3O/c1-5-18-15(13(4)21-7-3)12-16-14-10-8-9-11-17(14)20(6-2)19-16/h8-11,13,15,18H,5-7,12H2,1-4H3. The van der Waals surface area contributed by atoms with Crippen LogP contribution in [0.2, 0.25) is 0 Å². The third-order valence-electron chi connectivity index (χ3n) is 3.91. The van der Waals surface area contributed by atoms with Crippen molar-refractivity contribution < 1.29 is 4.74 Å². The van der Waals surface area contributed by atoms with Gasteiger partial charge in [-0.15, -0.1) is 0 Å². The summed E-state index contributed by atoms with van der Waals surface area (Å²) < 4.78 is 7.86. The van der Waals surface area contributed by atoms with Crippen molar-refractivity contribution in [1.82, 2.24) is 15.1 Å². The minimum Gasteiger partial charge on any atom is -0.377 e. The third-order valence-corrected chi connectivity index (χ3v) is 3.91. The Morgan fingerprint density at radius 3 is 2.67 bits per heavy atom. The minimum atomic E-state index is 0.181. The van der Waals surface area contributed by atoms with Gasteiger partial charge in [0.05, 0.1) is 17.3 Å². The molecule has 0 fully saturated rings. The number of benzene rings is 1. The minimum absolute atomic E-state index is 0.181. The van der Waals surface area contributed by atoms with Crippen LogP contribution in [0.5, 0.6) is 0 Å². The molecule has 1 aromatic heterocycles. The molecule has 0 amide bonds. The number of fused-ring (bicyclic) bond motifs is 1. The zero-order chi connectivity index (χ0) is 15.2. The summed E-state index contributed by atoms with van der Waals surface area (Å²) in [6, 6.07) is 8.76. The molecular formula is C17H27N3O. The zero-order valence-corrected chi connectivity index (χ0v) is 13.6. The van der Waals surface area contributed by atoms with E-state index in [2.05, 4.69) is 55.0 Å². The predicted molar refractivity (Wildman–Crippen MR) is 87.7 cm³/mol. The van der Waals surface area contributed by atoms with E-state index in [9.17, 15) is 0 Å². The van der Waals surface area contributed by atoms with Crippen molar-refractivity contribution >= 4 is 10.9 Å². The van der Waals surface area contributed by atoms with Crippen LogP contribution in [0.15, 0.2) is 24.3 Å². The smallest absolute Gasteiger partial charge is 0.0719 e. The van der Waals surface area contributed by atoms with E-state index in [0.29, 0.717) is 6.04 Å². The molecule has 4 nitrogen and oxygen atoms in total. The number of nitrogens with one attached hydrogen (secondary N) is 1. The number of para-hydroxylation sites is 1. The summed E-state index contributed by atoms with van der Waals surface area (Å²) >= 11 is 0. The van der Waals surface area contributed by atoms with Gasteiger partial charge in [0, 0.05) is 31.0 Å². The van der Waals surface area contributed by atoms with E-state index >= 15 is 0 Å². The lowest BCUT2D eigenvalue weighted by molar-refractivity contribution is 0.0478. The van der Waals surface area contributed by atoms with Gasteiger partial charge in [-0.3, -0.25) is 4.68 Å². The molecule has 1 heterocycles. The van der Waals surface area contributed by atoms with Crippen molar-refractivity contribution in [2.24, 2.45) is 0 Å². The Labute approximate surface area is 127 Å². The van der Waals surface area contributed by atoms with Crippen LogP contribution < -0.4 is 5.32 Å². The Balaban J connectivity index is 2.28. The summed E-state index contributed by atoms with van der Waals surface area (Å²) in [5, 5.41) is 9.58. The molecule has 2 rings (SSSR count). The molecule has 2 aromatic rings. The fraction of sp³-hybridized carbons (Fsp3) is 0.588. The Kier molecular flexibility index (Phi) is 5.76.